The third kappa shape index (κ3) is 0.876. The molecule has 0 aliphatic carbocycles. The van der Waals surface area contributed by atoms with Crippen molar-refractivity contribution in [3.63, 3.8) is 0 Å². The van der Waals surface area contributed by atoms with Crippen LogP contribution in [-0.4, -0.2) is 30.7 Å². The number of rotatable bonds is 0. The van der Waals surface area contributed by atoms with Crippen molar-refractivity contribution >= 4 is 0 Å². The van der Waals surface area contributed by atoms with Crippen LogP contribution in [0.1, 0.15) is 6.92 Å². The average molecular weight is 127 g/mol. The van der Waals surface area contributed by atoms with Crippen LogP contribution in [-0.2, 0) is 0 Å². The molecule has 52 valence electrons. The first-order valence-corrected chi connectivity index (χ1v) is 3.03. The van der Waals surface area contributed by atoms with Gasteiger partial charge in [-0.25, -0.2) is 5.01 Å². The Labute approximate surface area is 55.7 Å². The van der Waals surface area contributed by atoms with Crippen LogP contribution in [0.4, 0.5) is 0 Å². The summed E-state index contributed by atoms with van der Waals surface area (Å²) in [4.78, 5) is 0. The Morgan fingerprint density at radius 3 is 2.11 bits per heavy atom. The quantitative estimate of drug-likeness (QED) is 0.496. The van der Waals surface area contributed by atoms with Crippen LogP contribution in [0.25, 0.3) is 0 Å². The molecule has 0 fully saturated rings. The topological polar surface area (TPSA) is 32.5 Å². The third-order valence-corrected chi connectivity index (χ3v) is 1.86. The van der Waals surface area contributed by atoms with Crippen molar-refractivity contribution in [2.24, 2.45) is 5.73 Å². The summed E-state index contributed by atoms with van der Waals surface area (Å²) in [6.45, 7) is 2.89. The predicted molar refractivity (Wildman–Crippen MR) is 37.3 cm³/mol. The van der Waals surface area contributed by atoms with Crippen molar-refractivity contribution < 1.29 is 0 Å². The highest BCUT2D eigenvalue weighted by Crippen LogP contribution is 2.14. The molecule has 1 rings (SSSR count). The number of hydrogen-bond donors (Lipinski definition) is 1. The molecule has 3 nitrogen and oxygen atoms in total. The summed E-state index contributed by atoms with van der Waals surface area (Å²) in [6, 6.07) is 0. The van der Waals surface area contributed by atoms with Gasteiger partial charge in [-0.3, -0.25) is 0 Å². The van der Waals surface area contributed by atoms with Gasteiger partial charge in [0.1, 0.15) is 0 Å². The maximum atomic E-state index is 5.66. The molecule has 0 aromatic carbocycles. The van der Waals surface area contributed by atoms with E-state index in [2.05, 4.69) is 10.0 Å². The summed E-state index contributed by atoms with van der Waals surface area (Å²) in [5.74, 6) is 0. The minimum atomic E-state index is 0.863. The predicted octanol–water partition coefficient (Wildman–Crippen LogP) is -0.0312. The van der Waals surface area contributed by atoms with E-state index in [0.29, 0.717) is 0 Å². The van der Waals surface area contributed by atoms with Crippen LogP contribution < -0.4 is 5.73 Å². The van der Waals surface area contributed by atoms with E-state index in [1.807, 2.05) is 21.0 Å². The van der Waals surface area contributed by atoms with Gasteiger partial charge >= 0.3 is 0 Å². The monoisotopic (exact) mass is 127 g/mol. The second-order valence-electron chi connectivity index (χ2n) is 2.45. The van der Waals surface area contributed by atoms with Crippen LogP contribution in [0.15, 0.2) is 11.4 Å². The summed E-state index contributed by atoms with van der Waals surface area (Å²) in [5, 5.41) is 4.12. The molecular formula is C6H13N3. The number of allylic oxidation sites excluding steroid dienone is 1. The molecule has 0 saturated heterocycles. The lowest BCUT2D eigenvalue weighted by atomic mass is 10.4. The smallest absolute Gasteiger partial charge is 0.0592 e. The molecule has 1 aliphatic rings. The Bertz CT molecular complexity index is 150. The molecule has 0 bridgehead atoms. The normalized spacial score (nSPS) is 21.9. The second kappa shape index (κ2) is 1.92. The standard InChI is InChI=1S/C6H13N3/c1-5-6(7)4-8(2)9(5)3/h4,7H2,1-3H3. The molecule has 0 spiro atoms. The maximum absolute atomic E-state index is 5.66. The largest absolute Gasteiger partial charge is 0.399 e. The van der Waals surface area contributed by atoms with Crippen molar-refractivity contribution in [2.45, 2.75) is 6.92 Å². The highest BCUT2D eigenvalue weighted by molar-refractivity contribution is 5.12. The molecule has 0 unspecified atom stereocenters. The first kappa shape index (κ1) is 6.42. The summed E-state index contributed by atoms with van der Waals surface area (Å²) in [5.41, 5.74) is 7.79. The second-order valence-corrected chi connectivity index (χ2v) is 2.45. The van der Waals surface area contributed by atoms with Gasteiger partial charge in [-0.15, -0.1) is 0 Å². The summed E-state index contributed by atoms with van der Waals surface area (Å²) >= 11 is 0. The Hall–Kier alpha value is -0.700. The van der Waals surface area contributed by atoms with Crippen molar-refractivity contribution in [3.05, 3.63) is 11.4 Å². The van der Waals surface area contributed by atoms with Gasteiger partial charge < -0.3 is 10.7 Å². The lowest BCUT2D eigenvalue weighted by molar-refractivity contribution is 0.102. The molecule has 0 aromatic heterocycles. The molecule has 2 N–H and O–H groups in total. The first-order valence-electron chi connectivity index (χ1n) is 3.03. The summed E-state index contributed by atoms with van der Waals surface area (Å²) < 4.78 is 0. The van der Waals surface area contributed by atoms with Crippen molar-refractivity contribution in [3.8, 4) is 0 Å². The molecule has 3 heteroatoms. The van der Waals surface area contributed by atoms with Gasteiger partial charge in [-0.2, -0.15) is 0 Å². The molecule has 9 heavy (non-hydrogen) atoms. The molecule has 1 heterocycles. The number of nitrogens with two attached hydrogens (primary N) is 1. The zero-order chi connectivity index (χ0) is 7.02. The van der Waals surface area contributed by atoms with E-state index in [1.165, 1.54) is 0 Å². The minimum absolute atomic E-state index is 0.863. The van der Waals surface area contributed by atoms with E-state index >= 15 is 0 Å². The van der Waals surface area contributed by atoms with Crippen LogP contribution in [0.5, 0.6) is 0 Å². The van der Waals surface area contributed by atoms with Gasteiger partial charge in [0.15, 0.2) is 0 Å². The van der Waals surface area contributed by atoms with E-state index in [4.69, 9.17) is 5.73 Å². The number of hydrogen-bond acceptors (Lipinski definition) is 3. The molecular weight excluding hydrogens is 114 g/mol. The third-order valence-electron chi connectivity index (χ3n) is 1.86. The maximum Gasteiger partial charge on any atom is 0.0592 e. The van der Waals surface area contributed by atoms with E-state index in [1.54, 1.807) is 0 Å². The molecule has 0 aromatic rings. The number of hydrazine groups is 1. The van der Waals surface area contributed by atoms with Crippen molar-refractivity contribution in [1.29, 1.82) is 0 Å². The minimum Gasteiger partial charge on any atom is -0.399 e. The summed E-state index contributed by atoms with van der Waals surface area (Å²) in [6.07, 6.45) is 0. The fraction of sp³-hybridized carbons (Fsp3) is 0.667. The molecule has 0 radical (unpaired) electrons. The molecule has 0 amide bonds. The zero-order valence-corrected chi connectivity index (χ0v) is 6.18. The summed E-state index contributed by atoms with van der Waals surface area (Å²) in [7, 11) is 4.03. The lowest BCUT2D eigenvalue weighted by Gasteiger charge is -2.21. The van der Waals surface area contributed by atoms with Gasteiger partial charge in [0.25, 0.3) is 0 Å². The van der Waals surface area contributed by atoms with Gasteiger partial charge in [0.2, 0.25) is 0 Å². The first-order chi connectivity index (χ1) is 4.13. The Morgan fingerprint density at radius 2 is 2.00 bits per heavy atom. The average Bonchev–Trinajstić information content (AvgIpc) is 1.98. The van der Waals surface area contributed by atoms with Crippen LogP contribution in [0, 0.1) is 0 Å². The van der Waals surface area contributed by atoms with Gasteiger partial charge in [-0.05, 0) is 6.92 Å². The Morgan fingerprint density at radius 1 is 1.44 bits per heavy atom. The van der Waals surface area contributed by atoms with Gasteiger partial charge in [0.05, 0.1) is 6.54 Å². The van der Waals surface area contributed by atoms with E-state index in [-0.39, 0.29) is 0 Å². The van der Waals surface area contributed by atoms with Crippen LogP contribution in [0.3, 0.4) is 0 Å². The van der Waals surface area contributed by atoms with E-state index in [0.717, 1.165) is 17.9 Å². The van der Waals surface area contributed by atoms with Crippen molar-refractivity contribution in [1.82, 2.24) is 10.0 Å². The lowest BCUT2D eigenvalue weighted by Crippen LogP contribution is -2.29. The fourth-order valence-corrected chi connectivity index (χ4v) is 0.931. The van der Waals surface area contributed by atoms with E-state index in [9.17, 15) is 0 Å². The van der Waals surface area contributed by atoms with Crippen LogP contribution in [0.2, 0.25) is 0 Å². The highest BCUT2D eigenvalue weighted by Gasteiger charge is 2.17. The molecule has 0 atom stereocenters. The fourth-order valence-electron chi connectivity index (χ4n) is 0.931. The van der Waals surface area contributed by atoms with E-state index < -0.39 is 0 Å². The molecule has 1 aliphatic heterocycles. The van der Waals surface area contributed by atoms with Crippen molar-refractivity contribution in [2.75, 3.05) is 20.6 Å². The highest BCUT2D eigenvalue weighted by atomic mass is 15.6. The SMILES string of the molecule is CC1=C(N)CN(C)N1C. The Kier molecular flexibility index (Phi) is 1.37. The van der Waals surface area contributed by atoms with Crippen LogP contribution >= 0.6 is 0 Å². The Balaban J connectivity index is 2.74. The number of likely N-dealkylation sites (N-methyl/N-ethyl adjacent to an activating group) is 1. The van der Waals surface area contributed by atoms with Gasteiger partial charge in [-0.1, -0.05) is 0 Å². The van der Waals surface area contributed by atoms with Gasteiger partial charge in [0, 0.05) is 25.5 Å². The number of nitrogens with zero attached hydrogens (tertiary/aromatic N) is 2. The zero-order valence-electron chi connectivity index (χ0n) is 6.18. The molecule has 0 saturated carbocycles.